The van der Waals surface area contributed by atoms with Crippen molar-refractivity contribution in [3.63, 3.8) is 0 Å². The fourth-order valence-electron chi connectivity index (χ4n) is 1.25. The minimum Gasteiger partial charge on any atom is -0.264 e. The van der Waals surface area contributed by atoms with E-state index in [9.17, 15) is 0 Å². The monoisotopic (exact) mass is 217 g/mol. The van der Waals surface area contributed by atoms with Gasteiger partial charge in [-0.05, 0) is 12.3 Å². The van der Waals surface area contributed by atoms with Crippen LogP contribution in [0.5, 0.6) is 0 Å². The van der Waals surface area contributed by atoms with E-state index < -0.39 is 0 Å². The second-order valence-electron chi connectivity index (χ2n) is 4.36. The molecule has 0 heterocycles. The second-order valence-corrected chi connectivity index (χ2v) is 5.34. The molecule has 0 rings (SSSR count). The quantitative estimate of drug-likeness (QED) is 0.434. The van der Waals surface area contributed by atoms with Gasteiger partial charge in [0.25, 0.3) is 0 Å². The van der Waals surface area contributed by atoms with Crippen LogP contribution in [0, 0.1) is 5.92 Å². The second kappa shape index (κ2) is 11.4. The molecule has 0 spiro atoms. The Morgan fingerprint density at radius 1 is 1.00 bits per heavy atom. The Hall–Kier alpha value is 0.310. The summed E-state index contributed by atoms with van der Waals surface area (Å²) in [5.74, 6) is 2.05. The van der Waals surface area contributed by atoms with Crippen LogP contribution in [0.2, 0.25) is 0 Å². The average Bonchev–Trinajstić information content (AvgIpc) is 2.15. The van der Waals surface area contributed by atoms with Crippen LogP contribution in [0.3, 0.4) is 0 Å². The first kappa shape index (κ1) is 14.3. The minimum absolute atomic E-state index is 0.770. The van der Waals surface area contributed by atoms with Crippen molar-refractivity contribution in [2.75, 3.05) is 12.3 Å². The van der Waals surface area contributed by atoms with Crippen molar-refractivity contribution in [2.24, 2.45) is 5.92 Å². The third kappa shape index (κ3) is 12.3. The molecule has 2 heteroatoms. The molecule has 0 radical (unpaired) electrons. The summed E-state index contributed by atoms with van der Waals surface area (Å²) in [6.45, 7) is 7.91. The first-order valence-electron chi connectivity index (χ1n) is 6.12. The first-order chi connectivity index (χ1) is 6.77. The van der Waals surface area contributed by atoms with E-state index in [2.05, 4.69) is 25.5 Å². The van der Waals surface area contributed by atoms with Gasteiger partial charge in [-0.25, -0.2) is 0 Å². The van der Waals surface area contributed by atoms with Crippen molar-refractivity contribution in [1.82, 2.24) is 4.72 Å². The lowest BCUT2D eigenvalue weighted by atomic mass is 10.1. The normalized spacial score (nSPS) is 11.1. The van der Waals surface area contributed by atoms with Crippen molar-refractivity contribution in [1.29, 1.82) is 0 Å². The van der Waals surface area contributed by atoms with Gasteiger partial charge >= 0.3 is 0 Å². The molecule has 0 aliphatic rings. The van der Waals surface area contributed by atoms with E-state index in [0.29, 0.717) is 0 Å². The first-order valence-corrected chi connectivity index (χ1v) is 7.10. The summed E-state index contributed by atoms with van der Waals surface area (Å²) in [7, 11) is 0. The van der Waals surface area contributed by atoms with E-state index in [-0.39, 0.29) is 0 Å². The van der Waals surface area contributed by atoms with E-state index in [1.165, 1.54) is 44.3 Å². The lowest BCUT2D eigenvalue weighted by molar-refractivity contribution is 0.624. The van der Waals surface area contributed by atoms with Crippen molar-refractivity contribution >= 4 is 11.9 Å². The van der Waals surface area contributed by atoms with Crippen molar-refractivity contribution in [3.05, 3.63) is 0 Å². The molecular formula is C12H27NS. The van der Waals surface area contributed by atoms with Gasteiger partial charge in [0, 0.05) is 12.3 Å². The molecule has 0 fully saturated rings. The Morgan fingerprint density at radius 3 is 2.29 bits per heavy atom. The van der Waals surface area contributed by atoms with Crippen LogP contribution in [0.1, 0.15) is 59.3 Å². The van der Waals surface area contributed by atoms with Gasteiger partial charge < -0.3 is 0 Å². The SMILES string of the molecule is CCCCCCCCSNCC(C)C. The van der Waals surface area contributed by atoms with Crippen LogP contribution in [0.4, 0.5) is 0 Å². The molecule has 0 aromatic carbocycles. The molecule has 0 saturated carbocycles. The predicted molar refractivity (Wildman–Crippen MR) is 68.7 cm³/mol. The Morgan fingerprint density at radius 2 is 1.64 bits per heavy atom. The van der Waals surface area contributed by atoms with E-state index in [0.717, 1.165) is 12.5 Å². The van der Waals surface area contributed by atoms with Crippen LogP contribution in [0.25, 0.3) is 0 Å². The number of rotatable bonds is 10. The van der Waals surface area contributed by atoms with Crippen LogP contribution in [0.15, 0.2) is 0 Å². The summed E-state index contributed by atoms with van der Waals surface area (Å²) in [6.07, 6.45) is 8.42. The maximum Gasteiger partial charge on any atom is 0.00816 e. The summed E-state index contributed by atoms with van der Waals surface area (Å²) in [6, 6.07) is 0. The van der Waals surface area contributed by atoms with Crippen LogP contribution >= 0.6 is 11.9 Å². The highest BCUT2D eigenvalue weighted by molar-refractivity contribution is 7.97. The van der Waals surface area contributed by atoms with Gasteiger partial charge in [-0.3, -0.25) is 4.72 Å². The zero-order chi connectivity index (χ0) is 10.6. The maximum absolute atomic E-state index is 3.40. The fraction of sp³-hybridized carbons (Fsp3) is 1.00. The standard InChI is InChI=1S/C12H27NS/c1-4-5-6-7-8-9-10-14-13-11-12(2)3/h12-13H,4-11H2,1-3H3. The molecule has 1 N–H and O–H groups in total. The largest absolute Gasteiger partial charge is 0.264 e. The van der Waals surface area contributed by atoms with Crippen LogP contribution < -0.4 is 4.72 Å². The Bertz CT molecular complexity index is 104. The van der Waals surface area contributed by atoms with E-state index in [1.807, 2.05) is 11.9 Å². The molecule has 0 atom stereocenters. The van der Waals surface area contributed by atoms with E-state index in [4.69, 9.17) is 0 Å². The smallest absolute Gasteiger partial charge is 0.00816 e. The third-order valence-corrected chi connectivity index (χ3v) is 3.06. The molecule has 0 bridgehead atoms. The highest BCUT2D eigenvalue weighted by Crippen LogP contribution is 2.07. The molecule has 0 amide bonds. The Balaban J connectivity index is 2.85. The Labute approximate surface area is 94.6 Å². The number of unbranched alkanes of at least 4 members (excludes halogenated alkanes) is 5. The number of hydrogen-bond donors (Lipinski definition) is 1. The van der Waals surface area contributed by atoms with Gasteiger partial charge in [-0.15, -0.1) is 0 Å². The maximum atomic E-state index is 3.40. The number of nitrogens with one attached hydrogen (secondary N) is 1. The number of hydrogen-bond acceptors (Lipinski definition) is 2. The van der Waals surface area contributed by atoms with E-state index in [1.54, 1.807) is 0 Å². The molecule has 0 aliphatic carbocycles. The lowest BCUT2D eigenvalue weighted by Crippen LogP contribution is -2.12. The van der Waals surface area contributed by atoms with Crippen LogP contribution in [-0.2, 0) is 0 Å². The molecule has 0 saturated heterocycles. The van der Waals surface area contributed by atoms with Gasteiger partial charge in [0.2, 0.25) is 0 Å². The lowest BCUT2D eigenvalue weighted by Gasteiger charge is -2.06. The molecule has 0 aliphatic heterocycles. The van der Waals surface area contributed by atoms with Gasteiger partial charge in [0.05, 0.1) is 0 Å². The van der Waals surface area contributed by atoms with Gasteiger partial charge in [0.1, 0.15) is 0 Å². The summed E-state index contributed by atoms with van der Waals surface area (Å²) < 4.78 is 3.40. The molecule has 14 heavy (non-hydrogen) atoms. The average molecular weight is 217 g/mol. The molecule has 86 valence electrons. The fourth-order valence-corrected chi connectivity index (χ4v) is 2.20. The highest BCUT2D eigenvalue weighted by Gasteiger charge is 1.93. The molecule has 1 nitrogen and oxygen atoms in total. The molecular weight excluding hydrogens is 190 g/mol. The van der Waals surface area contributed by atoms with E-state index >= 15 is 0 Å². The zero-order valence-corrected chi connectivity index (χ0v) is 11.0. The highest BCUT2D eigenvalue weighted by atomic mass is 32.2. The van der Waals surface area contributed by atoms with Gasteiger partial charge in [-0.2, -0.15) is 0 Å². The van der Waals surface area contributed by atoms with Gasteiger partial charge in [-0.1, -0.05) is 64.8 Å². The summed E-state index contributed by atoms with van der Waals surface area (Å²) in [4.78, 5) is 0. The zero-order valence-electron chi connectivity index (χ0n) is 10.1. The van der Waals surface area contributed by atoms with Crippen molar-refractivity contribution < 1.29 is 0 Å². The molecule has 0 aromatic rings. The third-order valence-electron chi connectivity index (χ3n) is 2.19. The Kier molecular flexibility index (Phi) is 11.6. The summed E-state index contributed by atoms with van der Waals surface area (Å²) in [5.41, 5.74) is 0. The predicted octanol–water partition coefficient (Wildman–Crippen LogP) is 4.24. The van der Waals surface area contributed by atoms with Crippen molar-refractivity contribution in [3.8, 4) is 0 Å². The summed E-state index contributed by atoms with van der Waals surface area (Å²) >= 11 is 1.90. The molecule has 0 unspecified atom stereocenters. The molecule has 0 aromatic heterocycles. The topological polar surface area (TPSA) is 12.0 Å². The van der Waals surface area contributed by atoms with Crippen molar-refractivity contribution in [2.45, 2.75) is 59.3 Å². The minimum atomic E-state index is 0.770. The van der Waals surface area contributed by atoms with Crippen LogP contribution in [-0.4, -0.2) is 12.3 Å². The summed E-state index contributed by atoms with van der Waals surface area (Å²) in [5, 5.41) is 0. The van der Waals surface area contributed by atoms with Gasteiger partial charge in [0.15, 0.2) is 0 Å².